The number of nitrogens with one attached hydrogen (secondary N) is 1. The topological polar surface area (TPSA) is 61.7 Å². The van der Waals surface area contributed by atoms with Gasteiger partial charge in [-0.15, -0.1) is 0 Å². The number of ether oxygens (including phenoxy) is 1. The highest BCUT2D eigenvalue weighted by molar-refractivity contribution is 5.27. The fourth-order valence-electron chi connectivity index (χ4n) is 1.98. The molecule has 0 radical (unpaired) electrons. The molecule has 0 aromatic heterocycles. The van der Waals surface area contributed by atoms with Crippen LogP contribution in [-0.2, 0) is 6.42 Å². The van der Waals surface area contributed by atoms with Crippen molar-refractivity contribution in [2.24, 2.45) is 0 Å². The van der Waals surface area contributed by atoms with Crippen molar-refractivity contribution < 1.29 is 14.9 Å². The molecule has 4 heteroatoms. The van der Waals surface area contributed by atoms with E-state index in [1.165, 1.54) is 0 Å². The van der Waals surface area contributed by atoms with Gasteiger partial charge in [0.2, 0.25) is 0 Å². The summed E-state index contributed by atoms with van der Waals surface area (Å²) in [6.07, 6.45) is 0.259. The van der Waals surface area contributed by atoms with E-state index in [2.05, 4.69) is 5.32 Å². The van der Waals surface area contributed by atoms with Crippen LogP contribution in [0.2, 0.25) is 0 Å². The first-order valence-corrected chi connectivity index (χ1v) is 7.08. The zero-order valence-corrected chi connectivity index (χ0v) is 11.9. The van der Waals surface area contributed by atoms with Gasteiger partial charge in [-0.2, -0.15) is 0 Å². The predicted molar refractivity (Wildman–Crippen MR) is 82.6 cm³/mol. The van der Waals surface area contributed by atoms with E-state index in [0.29, 0.717) is 6.54 Å². The lowest BCUT2D eigenvalue weighted by Crippen LogP contribution is -2.32. The van der Waals surface area contributed by atoms with E-state index in [1.54, 1.807) is 12.1 Å². The van der Waals surface area contributed by atoms with E-state index in [0.717, 1.165) is 24.3 Å². The van der Waals surface area contributed by atoms with Crippen LogP contribution < -0.4 is 10.1 Å². The van der Waals surface area contributed by atoms with Crippen molar-refractivity contribution in [3.05, 3.63) is 60.2 Å². The number of phenolic OH excluding ortho intramolecular Hbond substituents is 1. The van der Waals surface area contributed by atoms with Crippen LogP contribution >= 0.6 is 0 Å². The summed E-state index contributed by atoms with van der Waals surface area (Å²) in [5, 5.41) is 22.4. The lowest BCUT2D eigenvalue weighted by Gasteiger charge is -2.13. The summed E-state index contributed by atoms with van der Waals surface area (Å²) < 4.78 is 5.48. The number of hydrogen-bond acceptors (Lipinski definition) is 4. The minimum absolute atomic E-state index is 0.267. The van der Waals surface area contributed by atoms with Crippen molar-refractivity contribution in [2.75, 3.05) is 19.7 Å². The molecule has 21 heavy (non-hydrogen) atoms. The average Bonchev–Trinajstić information content (AvgIpc) is 2.51. The van der Waals surface area contributed by atoms with Gasteiger partial charge >= 0.3 is 0 Å². The van der Waals surface area contributed by atoms with Crippen LogP contribution in [0.15, 0.2) is 54.6 Å². The van der Waals surface area contributed by atoms with Gasteiger partial charge in [-0.3, -0.25) is 0 Å². The number of benzene rings is 2. The largest absolute Gasteiger partial charge is 0.508 e. The van der Waals surface area contributed by atoms with E-state index in [-0.39, 0.29) is 12.4 Å². The number of rotatable bonds is 8. The lowest BCUT2D eigenvalue weighted by molar-refractivity contribution is 0.106. The van der Waals surface area contributed by atoms with Crippen molar-refractivity contribution >= 4 is 0 Å². The summed E-state index contributed by atoms with van der Waals surface area (Å²) in [5.41, 5.74) is 1.07. The molecule has 112 valence electrons. The molecule has 2 aromatic rings. The second-order valence-corrected chi connectivity index (χ2v) is 4.90. The molecule has 0 spiro atoms. The van der Waals surface area contributed by atoms with Gasteiger partial charge in [0, 0.05) is 6.54 Å². The van der Waals surface area contributed by atoms with Gasteiger partial charge in [0.1, 0.15) is 24.2 Å². The van der Waals surface area contributed by atoms with E-state index >= 15 is 0 Å². The second-order valence-electron chi connectivity index (χ2n) is 4.90. The first-order chi connectivity index (χ1) is 10.2. The summed E-state index contributed by atoms with van der Waals surface area (Å²) in [5.74, 6) is 1.04. The first-order valence-electron chi connectivity index (χ1n) is 7.08. The molecule has 0 fully saturated rings. The Hall–Kier alpha value is -2.04. The van der Waals surface area contributed by atoms with Gasteiger partial charge in [0.05, 0.1) is 0 Å². The summed E-state index contributed by atoms with van der Waals surface area (Å²) in [4.78, 5) is 0. The number of aromatic hydroxyl groups is 1. The Kier molecular flexibility index (Phi) is 6.06. The molecule has 2 aromatic carbocycles. The number of hydrogen-bond donors (Lipinski definition) is 3. The minimum Gasteiger partial charge on any atom is -0.508 e. The highest BCUT2D eigenvalue weighted by atomic mass is 16.5. The van der Waals surface area contributed by atoms with E-state index in [4.69, 9.17) is 4.74 Å². The summed E-state index contributed by atoms with van der Waals surface area (Å²) >= 11 is 0. The minimum atomic E-state index is -0.547. The number of aliphatic hydroxyl groups is 1. The molecule has 4 nitrogen and oxygen atoms in total. The maximum atomic E-state index is 9.82. The second kappa shape index (κ2) is 8.29. The Labute approximate surface area is 125 Å². The molecule has 0 heterocycles. The third-order valence-corrected chi connectivity index (χ3v) is 3.07. The van der Waals surface area contributed by atoms with Gasteiger partial charge in [-0.1, -0.05) is 30.3 Å². The average molecular weight is 287 g/mol. The van der Waals surface area contributed by atoms with Crippen LogP contribution in [-0.4, -0.2) is 36.0 Å². The number of phenols is 1. The molecule has 1 atom stereocenters. The molecule has 2 rings (SSSR count). The standard InChI is InChI=1S/C17H21NO3/c19-15-6-4-5-14(11-15)9-10-18-12-16(20)13-21-17-7-2-1-3-8-17/h1-8,11,16,18-20H,9-10,12-13H2. The SMILES string of the molecule is Oc1cccc(CCNCC(O)COc2ccccc2)c1. The fourth-order valence-corrected chi connectivity index (χ4v) is 1.98. The molecule has 0 aliphatic carbocycles. The molecule has 0 aliphatic heterocycles. The predicted octanol–water partition coefficient (Wildman–Crippen LogP) is 1.96. The maximum absolute atomic E-state index is 9.82. The van der Waals surface area contributed by atoms with Crippen molar-refractivity contribution in [1.29, 1.82) is 0 Å². The summed E-state index contributed by atoms with van der Waals surface area (Å²) in [6.45, 7) is 1.49. The van der Waals surface area contributed by atoms with Crippen LogP contribution in [0.1, 0.15) is 5.56 Å². The molecule has 0 amide bonds. The summed E-state index contributed by atoms with van der Waals surface area (Å²) in [7, 11) is 0. The highest BCUT2D eigenvalue weighted by Gasteiger charge is 2.04. The van der Waals surface area contributed by atoms with Crippen molar-refractivity contribution in [1.82, 2.24) is 5.32 Å². The van der Waals surface area contributed by atoms with Gasteiger partial charge in [-0.25, -0.2) is 0 Å². The van der Waals surface area contributed by atoms with Crippen LogP contribution in [0.25, 0.3) is 0 Å². The Morgan fingerprint density at radius 3 is 2.62 bits per heavy atom. The zero-order chi connectivity index (χ0) is 14.9. The highest BCUT2D eigenvalue weighted by Crippen LogP contribution is 2.11. The smallest absolute Gasteiger partial charge is 0.119 e. The molecule has 0 saturated carbocycles. The van der Waals surface area contributed by atoms with Gasteiger partial charge in [0.15, 0.2) is 0 Å². The van der Waals surface area contributed by atoms with Crippen LogP contribution in [0, 0.1) is 0 Å². The fraction of sp³-hybridized carbons (Fsp3) is 0.294. The van der Waals surface area contributed by atoms with Crippen molar-refractivity contribution in [3.8, 4) is 11.5 Å². The molecular weight excluding hydrogens is 266 g/mol. The zero-order valence-electron chi connectivity index (χ0n) is 11.9. The van der Waals surface area contributed by atoms with Crippen LogP contribution in [0.5, 0.6) is 11.5 Å². The maximum Gasteiger partial charge on any atom is 0.119 e. The normalized spacial score (nSPS) is 12.0. The van der Waals surface area contributed by atoms with E-state index in [9.17, 15) is 10.2 Å². The molecular formula is C17H21NO3. The molecule has 0 saturated heterocycles. The van der Waals surface area contributed by atoms with E-state index in [1.807, 2.05) is 42.5 Å². The quantitative estimate of drug-likeness (QED) is 0.650. The number of aliphatic hydroxyl groups excluding tert-OH is 1. The van der Waals surface area contributed by atoms with Crippen LogP contribution in [0.4, 0.5) is 0 Å². The summed E-state index contributed by atoms with van der Waals surface area (Å²) in [6, 6.07) is 16.6. The van der Waals surface area contributed by atoms with Crippen molar-refractivity contribution in [3.63, 3.8) is 0 Å². The van der Waals surface area contributed by atoms with E-state index < -0.39 is 6.10 Å². The van der Waals surface area contributed by atoms with Crippen molar-refractivity contribution in [2.45, 2.75) is 12.5 Å². The van der Waals surface area contributed by atoms with Gasteiger partial charge in [-0.05, 0) is 42.8 Å². The lowest BCUT2D eigenvalue weighted by atomic mass is 10.1. The third kappa shape index (κ3) is 5.85. The Morgan fingerprint density at radius 1 is 1.05 bits per heavy atom. The first kappa shape index (κ1) is 15.4. The number of para-hydroxylation sites is 1. The third-order valence-electron chi connectivity index (χ3n) is 3.07. The Bertz CT molecular complexity index is 531. The molecule has 3 N–H and O–H groups in total. The monoisotopic (exact) mass is 287 g/mol. The van der Waals surface area contributed by atoms with Crippen LogP contribution in [0.3, 0.4) is 0 Å². The Morgan fingerprint density at radius 2 is 1.86 bits per heavy atom. The van der Waals surface area contributed by atoms with Gasteiger partial charge < -0.3 is 20.3 Å². The van der Waals surface area contributed by atoms with Gasteiger partial charge in [0.25, 0.3) is 0 Å². The molecule has 0 bridgehead atoms. The molecule has 0 aliphatic rings. The Balaban J connectivity index is 1.60. The molecule has 1 unspecified atom stereocenters.